The van der Waals surface area contributed by atoms with Crippen molar-refractivity contribution < 1.29 is 31.8 Å². The van der Waals surface area contributed by atoms with Crippen molar-refractivity contribution in [3.63, 3.8) is 0 Å². The van der Waals surface area contributed by atoms with Crippen LogP contribution in [-0.2, 0) is 26.4 Å². The van der Waals surface area contributed by atoms with Crippen molar-refractivity contribution in [3.05, 3.63) is 35.9 Å². The highest BCUT2D eigenvalue weighted by atomic mass is 32.2. The lowest BCUT2D eigenvalue weighted by Crippen LogP contribution is -2.70. The van der Waals surface area contributed by atoms with Gasteiger partial charge in [-0.15, -0.1) is 0 Å². The Morgan fingerprint density at radius 3 is 1.74 bits per heavy atom. The molecule has 0 radical (unpaired) electrons. The number of benzene rings is 1. The van der Waals surface area contributed by atoms with E-state index in [1.165, 1.54) is 89.0 Å². The van der Waals surface area contributed by atoms with Gasteiger partial charge in [-0.1, -0.05) is 83.7 Å². The maximum Gasteiger partial charge on any atom is 0.408 e. The highest BCUT2D eigenvalue weighted by Crippen LogP contribution is 2.23. The number of unbranched alkanes of at least 4 members (excludes halogenated alkanes) is 4. The molecule has 1 heterocycles. The number of alkyl carbamates (subject to hydrolysis) is 1. The van der Waals surface area contributed by atoms with E-state index < -0.39 is 34.4 Å². The number of quaternary nitrogens is 1. The Morgan fingerprint density at radius 2 is 1.37 bits per heavy atom. The third-order valence-electron chi connectivity index (χ3n) is 7.01. The van der Waals surface area contributed by atoms with E-state index in [1.807, 2.05) is 6.07 Å². The normalized spacial score (nSPS) is 17.3. The molecule has 0 aromatic heterocycles. The van der Waals surface area contributed by atoms with E-state index in [4.69, 9.17) is 4.74 Å². The summed E-state index contributed by atoms with van der Waals surface area (Å²) in [4.78, 5) is 23.0. The molecule has 218 valence electrons. The zero-order valence-electron chi connectivity index (χ0n) is 24.0. The molecule has 1 aliphatic heterocycles. The predicted octanol–water partition coefficient (Wildman–Crippen LogP) is 4.98. The lowest BCUT2D eigenvalue weighted by Gasteiger charge is -2.45. The van der Waals surface area contributed by atoms with E-state index in [1.54, 1.807) is 24.3 Å². The Labute approximate surface area is 230 Å². The molecule has 0 bridgehead atoms. The summed E-state index contributed by atoms with van der Waals surface area (Å²) < 4.78 is 38.9. The number of hydrogen-bond acceptors (Lipinski definition) is 6. The van der Waals surface area contributed by atoms with Crippen molar-refractivity contribution in [3.8, 4) is 0 Å². The van der Waals surface area contributed by atoms with E-state index >= 15 is 0 Å². The lowest BCUT2D eigenvalue weighted by atomic mass is 10.0. The number of carbonyl (C=O) groups is 2. The van der Waals surface area contributed by atoms with Crippen LogP contribution in [-0.4, -0.2) is 72.0 Å². The van der Waals surface area contributed by atoms with Crippen LogP contribution in [0.4, 0.5) is 4.79 Å². The van der Waals surface area contributed by atoms with Gasteiger partial charge in [-0.2, -0.15) is 0 Å². The first-order valence-corrected chi connectivity index (χ1v) is 15.5. The summed E-state index contributed by atoms with van der Waals surface area (Å²) in [7, 11) is -4.85. The summed E-state index contributed by atoms with van der Waals surface area (Å²) in [6.07, 6.45) is 10.2. The topological polar surface area (TPSA) is 116 Å². The van der Waals surface area contributed by atoms with Crippen molar-refractivity contribution in [2.24, 2.45) is 0 Å². The summed E-state index contributed by atoms with van der Waals surface area (Å²) in [6.45, 7) is 16.4. The molecule has 10 heteroatoms. The minimum absolute atomic E-state index is 0.0194. The lowest BCUT2D eigenvalue weighted by molar-refractivity contribution is -0.929. The van der Waals surface area contributed by atoms with Crippen LogP contribution < -0.4 is 5.32 Å². The van der Waals surface area contributed by atoms with Crippen molar-refractivity contribution in [1.82, 2.24) is 9.62 Å². The van der Waals surface area contributed by atoms with Crippen molar-refractivity contribution in [1.29, 1.82) is 0 Å². The van der Waals surface area contributed by atoms with Crippen LogP contribution in [0.5, 0.6) is 0 Å². The molecule has 1 fully saturated rings. The SMILES string of the molecule is CCCC[N+](CCCC)(CCCC)CCCC.C[C@@H]1C(NC(=O)OCc2ccccc2)C(=O)N1S(=O)(=O)[O-]. The molecular weight excluding hydrogens is 506 g/mol. The standard InChI is InChI=1S/C16H36N.C12H14N2O6S/c1-5-9-13-17(14-10-6-2,15-11-7-3)16-12-8-4;1-8-10(11(15)14(8)21(17,18)19)13-12(16)20-7-9-5-3-2-4-6-9/h5-16H2,1-4H3;2-6,8,10H,7H2,1H3,(H,13,16)(H,17,18,19)/q+1;/p-1/t;8-,10?/m.1/s1. The minimum Gasteiger partial charge on any atom is -0.731 e. The van der Waals surface area contributed by atoms with Gasteiger partial charge in [0, 0.05) is 0 Å². The molecule has 1 aliphatic rings. The first-order valence-electron chi connectivity index (χ1n) is 14.2. The second-order valence-corrected chi connectivity index (χ2v) is 11.4. The van der Waals surface area contributed by atoms with Crippen LogP contribution in [0, 0.1) is 0 Å². The smallest absolute Gasteiger partial charge is 0.408 e. The number of nitrogens with one attached hydrogen (secondary N) is 1. The molecule has 2 rings (SSSR count). The summed E-state index contributed by atoms with van der Waals surface area (Å²) >= 11 is 0. The monoisotopic (exact) mass is 555 g/mol. The van der Waals surface area contributed by atoms with Gasteiger partial charge in [0.2, 0.25) is 0 Å². The molecule has 0 aliphatic carbocycles. The minimum atomic E-state index is -4.85. The van der Waals surface area contributed by atoms with E-state index in [0.29, 0.717) is 0 Å². The fourth-order valence-electron chi connectivity index (χ4n) is 4.63. The van der Waals surface area contributed by atoms with Crippen LogP contribution >= 0.6 is 0 Å². The summed E-state index contributed by atoms with van der Waals surface area (Å²) in [5, 5.41) is 2.23. The Kier molecular flexibility index (Phi) is 15.5. The summed E-state index contributed by atoms with van der Waals surface area (Å²) in [6, 6.07) is 6.90. The van der Waals surface area contributed by atoms with Gasteiger partial charge in [-0.3, -0.25) is 4.79 Å². The maximum absolute atomic E-state index is 11.5. The molecule has 1 aromatic rings. The van der Waals surface area contributed by atoms with E-state index in [9.17, 15) is 22.6 Å². The number of β-lactam (4-membered cyclic amide) rings is 1. The molecule has 2 atom stereocenters. The van der Waals surface area contributed by atoms with Crippen LogP contribution in [0.3, 0.4) is 0 Å². The van der Waals surface area contributed by atoms with Crippen LogP contribution in [0.2, 0.25) is 0 Å². The van der Waals surface area contributed by atoms with Gasteiger partial charge in [0.25, 0.3) is 5.91 Å². The Hall–Kier alpha value is -2.17. The van der Waals surface area contributed by atoms with Gasteiger partial charge in [0.1, 0.15) is 12.6 Å². The Bertz CT molecular complexity index is 888. The van der Waals surface area contributed by atoms with Gasteiger partial charge in [-0.25, -0.2) is 17.5 Å². The van der Waals surface area contributed by atoms with E-state index in [0.717, 1.165) is 5.56 Å². The quantitative estimate of drug-likeness (QED) is 0.175. The molecule has 38 heavy (non-hydrogen) atoms. The Balaban J connectivity index is 0.000000391. The van der Waals surface area contributed by atoms with Gasteiger partial charge < -0.3 is 19.1 Å². The number of rotatable bonds is 16. The molecule has 0 saturated carbocycles. The molecule has 1 aromatic carbocycles. The fraction of sp³-hybridized carbons (Fsp3) is 0.714. The third-order valence-corrected chi connectivity index (χ3v) is 8.00. The van der Waals surface area contributed by atoms with Gasteiger partial charge in [0.05, 0.1) is 32.2 Å². The van der Waals surface area contributed by atoms with E-state index in [-0.39, 0.29) is 10.9 Å². The molecule has 9 nitrogen and oxygen atoms in total. The van der Waals surface area contributed by atoms with E-state index in [2.05, 4.69) is 33.0 Å². The van der Waals surface area contributed by atoms with Gasteiger partial charge in [-0.05, 0) is 38.2 Å². The largest absolute Gasteiger partial charge is 0.731 e. The first kappa shape index (κ1) is 33.9. The summed E-state index contributed by atoms with van der Waals surface area (Å²) in [5.41, 5.74) is 0.768. The average Bonchev–Trinajstić information content (AvgIpc) is 2.90. The van der Waals surface area contributed by atoms with Gasteiger partial charge in [0.15, 0.2) is 10.3 Å². The fourth-order valence-corrected chi connectivity index (χ4v) is 5.49. The number of carbonyl (C=O) groups excluding carboxylic acids is 2. The van der Waals surface area contributed by atoms with Crippen LogP contribution in [0.25, 0.3) is 0 Å². The molecule has 1 saturated heterocycles. The van der Waals surface area contributed by atoms with Crippen molar-refractivity contribution in [2.45, 2.75) is 105 Å². The van der Waals surface area contributed by atoms with Crippen molar-refractivity contribution in [2.75, 3.05) is 26.2 Å². The zero-order chi connectivity index (χ0) is 28.6. The first-order chi connectivity index (χ1) is 18.0. The average molecular weight is 556 g/mol. The highest BCUT2D eigenvalue weighted by Gasteiger charge is 2.49. The van der Waals surface area contributed by atoms with Crippen molar-refractivity contribution >= 4 is 22.3 Å². The zero-order valence-corrected chi connectivity index (χ0v) is 24.8. The predicted molar refractivity (Wildman–Crippen MR) is 149 cm³/mol. The molecule has 1 unspecified atom stereocenters. The van der Waals surface area contributed by atoms with Crippen LogP contribution in [0.15, 0.2) is 30.3 Å². The number of nitrogens with zero attached hydrogens (tertiary/aromatic N) is 2. The van der Waals surface area contributed by atoms with Gasteiger partial charge >= 0.3 is 6.09 Å². The third kappa shape index (κ3) is 11.3. The summed E-state index contributed by atoms with van der Waals surface area (Å²) in [5.74, 6) is -0.964. The number of hydrogen-bond donors (Lipinski definition) is 1. The molecular formula is C28H49N3O6S. The second kappa shape index (κ2) is 17.4. The number of ether oxygens (including phenoxy) is 1. The van der Waals surface area contributed by atoms with Crippen LogP contribution in [0.1, 0.15) is 91.5 Å². The Morgan fingerprint density at radius 1 is 0.921 bits per heavy atom. The second-order valence-electron chi connectivity index (χ2n) is 10.2. The molecule has 2 amide bonds. The number of amides is 2. The molecule has 0 spiro atoms. The molecule has 1 N–H and O–H groups in total. The highest BCUT2D eigenvalue weighted by molar-refractivity contribution is 7.84. The maximum atomic E-state index is 11.5.